The smallest absolute Gasteiger partial charge is 0.131 e. The van der Waals surface area contributed by atoms with Crippen molar-refractivity contribution in [1.29, 1.82) is 0 Å². The third kappa shape index (κ3) is 3.61. The summed E-state index contributed by atoms with van der Waals surface area (Å²) >= 11 is 0. The van der Waals surface area contributed by atoms with Crippen LogP contribution in [-0.4, -0.2) is 46.9 Å². The average molecular weight is 266 g/mol. The summed E-state index contributed by atoms with van der Waals surface area (Å²) in [5, 5.41) is 0. The maximum absolute atomic E-state index is 5.47. The number of hydrogen-bond acceptors (Lipinski definition) is 2. The van der Waals surface area contributed by atoms with Gasteiger partial charge in [-0.3, -0.25) is 0 Å². The fourth-order valence-electron chi connectivity index (χ4n) is 2.75. The molecule has 4 heteroatoms. The van der Waals surface area contributed by atoms with Crippen molar-refractivity contribution >= 4 is 0 Å². The summed E-state index contributed by atoms with van der Waals surface area (Å²) in [6.45, 7) is 9.63. The van der Waals surface area contributed by atoms with E-state index in [1.165, 1.54) is 38.3 Å². The summed E-state index contributed by atoms with van der Waals surface area (Å²) in [5.41, 5.74) is 1.28. The fraction of sp³-hybridized carbons (Fsp3) is 0.600. The lowest BCUT2D eigenvalue weighted by molar-refractivity contribution is -1.02. The predicted octanol–water partition coefficient (Wildman–Crippen LogP) is -0.993. The molecule has 2 N–H and O–H groups in total. The number of rotatable bonds is 5. The van der Waals surface area contributed by atoms with Crippen LogP contribution in [0.4, 0.5) is 0 Å². The van der Waals surface area contributed by atoms with Gasteiger partial charge in [-0.2, -0.15) is 0 Å². The van der Waals surface area contributed by atoms with E-state index >= 15 is 0 Å². The molecule has 1 heterocycles. The lowest BCUT2D eigenvalue weighted by atomic mass is 10.1. The van der Waals surface area contributed by atoms with Gasteiger partial charge in [0.2, 0.25) is 0 Å². The highest BCUT2D eigenvalue weighted by Crippen LogP contribution is 2.23. The second kappa shape index (κ2) is 6.78. The highest BCUT2D eigenvalue weighted by atomic mass is 16.5. The number of ether oxygens (including phenoxy) is 2. The SMILES string of the molecule is CC[NH+]1CC[NH+](Cc2ccc(OC)cc2OC)CC1. The Labute approximate surface area is 115 Å². The third-order valence-corrected chi connectivity index (χ3v) is 4.10. The van der Waals surface area contributed by atoms with Crippen molar-refractivity contribution in [3.63, 3.8) is 0 Å². The van der Waals surface area contributed by atoms with Crippen LogP contribution in [0.25, 0.3) is 0 Å². The first-order valence-corrected chi connectivity index (χ1v) is 7.14. The van der Waals surface area contributed by atoms with Gasteiger partial charge in [-0.15, -0.1) is 0 Å². The number of quaternary nitrogens is 2. The lowest BCUT2D eigenvalue weighted by Crippen LogP contribution is -3.27. The summed E-state index contributed by atoms with van der Waals surface area (Å²) in [7, 11) is 3.42. The van der Waals surface area contributed by atoms with Crippen molar-refractivity contribution < 1.29 is 19.3 Å². The van der Waals surface area contributed by atoms with Crippen LogP contribution in [0.2, 0.25) is 0 Å². The standard InChI is InChI=1S/C15H24N2O2/c1-4-16-7-9-17(10-8-16)12-13-5-6-14(18-2)11-15(13)19-3/h5-6,11H,4,7-10,12H2,1-3H3/p+2. The minimum atomic E-state index is 0.857. The van der Waals surface area contributed by atoms with Crippen LogP contribution in [0.3, 0.4) is 0 Å². The van der Waals surface area contributed by atoms with E-state index in [0.29, 0.717) is 0 Å². The third-order valence-electron chi connectivity index (χ3n) is 4.10. The monoisotopic (exact) mass is 266 g/mol. The molecule has 2 rings (SSSR count). The van der Waals surface area contributed by atoms with Gasteiger partial charge in [-0.05, 0) is 19.1 Å². The molecule has 0 unspecified atom stereocenters. The van der Waals surface area contributed by atoms with E-state index in [2.05, 4.69) is 13.0 Å². The summed E-state index contributed by atoms with van der Waals surface area (Å²) in [5.74, 6) is 1.80. The Kier molecular flexibility index (Phi) is 5.05. The van der Waals surface area contributed by atoms with E-state index in [0.717, 1.165) is 18.0 Å². The molecule has 106 valence electrons. The van der Waals surface area contributed by atoms with Gasteiger partial charge in [-0.1, -0.05) is 0 Å². The first kappa shape index (κ1) is 14.2. The zero-order valence-electron chi connectivity index (χ0n) is 12.3. The molecule has 0 bridgehead atoms. The molecule has 0 aliphatic carbocycles. The molecule has 0 amide bonds. The molecular weight excluding hydrogens is 240 g/mol. The molecule has 1 aliphatic rings. The van der Waals surface area contributed by atoms with E-state index in [-0.39, 0.29) is 0 Å². The second-order valence-electron chi connectivity index (χ2n) is 5.21. The van der Waals surface area contributed by atoms with Gasteiger partial charge in [-0.25, -0.2) is 0 Å². The Morgan fingerprint density at radius 3 is 2.26 bits per heavy atom. The molecule has 1 saturated heterocycles. The van der Waals surface area contributed by atoms with E-state index in [1.807, 2.05) is 12.1 Å². The van der Waals surface area contributed by atoms with Crippen molar-refractivity contribution in [1.82, 2.24) is 0 Å². The van der Waals surface area contributed by atoms with Crippen LogP contribution in [0.1, 0.15) is 12.5 Å². The fourth-order valence-corrected chi connectivity index (χ4v) is 2.75. The second-order valence-corrected chi connectivity index (χ2v) is 5.21. The summed E-state index contributed by atoms with van der Waals surface area (Å²) in [6, 6.07) is 6.12. The largest absolute Gasteiger partial charge is 0.497 e. The van der Waals surface area contributed by atoms with Gasteiger partial charge in [0.05, 0.1) is 20.8 Å². The summed E-state index contributed by atoms with van der Waals surface area (Å²) < 4.78 is 10.7. The van der Waals surface area contributed by atoms with Gasteiger partial charge in [0.1, 0.15) is 44.2 Å². The number of hydrogen-bond donors (Lipinski definition) is 2. The average Bonchev–Trinajstić information content (AvgIpc) is 2.48. The van der Waals surface area contributed by atoms with Crippen LogP contribution in [0, 0.1) is 0 Å². The predicted molar refractivity (Wildman–Crippen MR) is 75.2 cm³/mol. The molecule has 1 aromatic rings. The van der Waals surface area contributed by atoms with Gasteiger partial charge < -0.3 is 19.3 Å². The first-order valence-electron chi connectivity index (χ1n) is 7.14. The van der Waals surface area contributed by atoms with E-state index < -0.39 is 0 Å². The highest BCUT2D eigenvalue weighted by molar-refractivity contribution is 5.40. The Bertz CT molecular complexity index is 401. The minimum Gasteiger partial charge on any atom is -0.497 e. The topological polar surface area (TPSA) is 27.3 Å². The zero-order chi connectivity index (χ0) is 13.7. The number of methoxy groups -OCH3 is 2. The number of nitrogens with one attached hydrogen (secondary N) is 2. The molecule has 0 radical (unpaired) electrons. The molecule has 4 nitrogen and oxygen atoms in total. The van der Waals surface area contributed by atoms with E-state index in [4.69, 9.17) is 9.47 Å². The van der Waals surface area contributed by atoms with Crippen LogP contribution in [0.15, 0.2) is 18.2 Å². The van der Waals surface area contributed by atoms with Gasteiger partial charge in [0.15, 0.2) is 0 Å². The zero-order valence-corrected chi connectivity index (χ0v) is 12.3. The molecule has 0 aromatic heterocycles. The number of benzene rings is 1. The first-order chi connectivity index (χ1) is 9.26. The van der Waals surface area contributed by atoms with E-state index in [9.17, 15) is 0 Å². The number of piperazine rings is 1. The Balaban J connectivity index is 1.99. The van der Waals surface area contributed by atoms with Crippen LogP contribution >= 0.6 is 0 Å². The molecule has 0 atom stereocenters. The molecule has 1 aliphatic heterocycles. The van der Waals surface area contributed by atoms with E-state index in [1.54, 1.807) is 24.0 Å². The molecule has 1 aromatic carbocycles. The normalized spacial score (nSPS) is 23.1. The minimum absolute atomic E-state index is 0.857. The molecule has 1 fully saturated rings. The summed E-state index contributed by atoms with van der Waals surface area (Å²) in [4.78, 5) is 3.38. The van der Waals surface area contributed by atoms with Gasteiger partial charge in [0, 0.05) is 11.6 Å². The quantitative estimate of drug-likeness (QED) is 0.716. The van der Waals surface area contributed by atoms with Crippen molar-refractivity contribution in [3.05, 3.63) is 23.8 Å². The Morgan fingerprint density at radius 2 is 1.68 bits per heavy atom. The highest BCUT2D eigenvalue weighted by Gasteiger charge is 2.22. The molecule has 19 heavy (non-hydrogen) atoms. The van der Waals surface area contributed by atoms with Crippen molar-refractivity contribution in [3.8, 4) is 11.5 Å². The van der Waals surface area contributed by atoms with Crippen molar-refractivity contribution in [2.24, 2.45) is 0 Å². The summed E-state index contributed by atoms with van der Waals surface area (Å²) in [6.07, 6.45) is 0. The van der Waals surface area contributed by atoms with Crippen LogP contribution in [-0.2, 0) is 6.54 Å². The maximum atomic E-state index is 5.47. The van der Waals surface area contributed by atoms with Gasteiger partial charge >= 0.3 is 0 Å². The molecule has 0 spiro atoms. The Hall–Kier alpha value is -1.26. The van der Waals surface area contributed by atoms with Crippen LogP contribution < -0.4 is 19.3 Å². The van der Waals surface area contributed by atoms with Crippen molar-refractivity contribution in [2.45, 2.75) is 13.5 Å². The van der Waals surface area contributed by atoms with Crippen LogP contribution in [0.5, 0.6) is 11.5 Å². The number of likely N-dealkylation sites (N-methyl/N-ethyl adjacent to an activating group) is 1. The Morgan fingerprint density at radius 1 is 1.00 bits per heavy atom. The molecular formula is C15H26N2O2+2. The molecule has 0 saturated carbocycles. The lowest BCUT2D eigenvalue weighted by Gasteiger charge is -2.29. The van der Waals surface area contributed by atoms with Gasteiger partial charge in [0.25, 0.3) is 0 Å². The maximum Gasteiger partial charge on any atom is 0.131 e. The van der Waals surface area contributed by atoms with Crippen molar-refractivity contribution in [2.75, 3.05) is 46.9 Å².